The molecule has 0 aliphatic heterocycles. The third-order valence-corrected chi connectivity index (χ3v) is 2.07. The molecule has 0 aliphatic carbocycles. The molecule has 17 heavy (non-hydrogen) atoms. The van der Waals surface area contributed by atoms with E-state index >= 15 is 0 Å². The zero-order chi connectivity index (χ0) is 12.3. The van der Waals surface area contributed by atoms with Crippen LogP contribution in [-0.4, -0.2) is 10.1 Å². The molecule has 0 fully saturated rings. The summed E-state index contributed by atoms with van der Waals surface area (Å²) >= 11 is 0. The first-order valence-corrected chi connectivity index (χ1v) is 4.72. The van der Waals surface area contributed by atoms with E-state index in [9.17, 15) is 13.2 Å². The SMILES string of the molecule is FC(F)(F)c1ccc(NCc2ncon2)cc1. The van der Waals surface area contributed by atoms with E-state index in [0.717, 1.165) is 12.1 Å². The standard InChI is InChI=1S/C10H8F3N3O/c11-10(12,13)7-1-3-8(4-2-7)14-5-9-15-6-17-16-9/h1-4,6,14H,5H2. The first-order chi connectivity index (χ1) is 8.05. The van der Waals surface area contributed by atoms with Gasteiger partial charge in [0.05, 0.1) is 12.1 Å². The van der Waals surface area contributed by atoms with Gasteiger partial charge in [-0.2, -0.15) is 18.2 Å². The topological polar surface area (TPSA) is 51.0 Å². The van der Waals surface area contributed by atoms with Crippen LogP contribution in [0.25, 0.3) is 0 Å². The van der Waals surface area contributed by atoms with E-state index in [4.69, 9.17) is 0 Å². The maximum Gasteiger partial charge on any atom is 0.416 e. The minimum absolute atomic E-state index is 0.294. The molecule has 4 nitrogen and oxygen atoms in total. The van der Waals surface area contributed by atoms with Gasteiger partial charge in [-0.25, -0.2) is 0 Å². The molecular weight excluding hydrogens is 235 g/mol. The number of anilines is 1. The quantitative estimate of drug-likeness (QED) is 0.900. The summed E-state index contributed by atoms with van der Waals surface area (Å²) in [5.41, 5.74) is -0.120. The van der Waals surface area contributed by atoms with E-state index in [-0.39, 0.29) is 0 Å². The Morgan fingerprint density at radius 2 is 1.88 bits per heavy atom. The molecule has 0 amide bonds. The fourth-order valence-corrected chi connectivity index (χ4v) is 1.23. The van der Waals surface area contributed by atoms with Crippen molar-refractivity contribution in [1.82, 2.24) is 10.1 Å². The van der Waals surface area contributed by atoms with Gasteiger partial charge in [0, 0.05) is 5.69 Å². The van der Waals surface area contributed by atoms with Gasteiger partial charge in [-0.3, -0.25) is 0 Å². The molecule has 0 aliphatic rings. The van der Waals surface area contributed by atoms with Crippen molar-refractivity contribution < 1.29 is 17.7 Å². The number of hydrogen-bond donors (Lipinski definition) is 1. The van der Waals surface area contributed by atoms with Crippen LogP contribution < -0.4 is 5.32 Å². The number of hydrogen-bond acceptors (Lipinski definition) is 4. The molecule has 0 atom stereocenters. The van der Waals surface area contributed by atoms with Gasteiger partial charge in [0.1, 0.15) is 0 Å². The monoisotopic (exact) mass is 243 g/mol. The molecule has 1 aromatic heterocycles. The molecule has 0 saturated carbocycles. The lowest BCUT2D eigenvalue weighted by Gasteiger charge is -2.08. The number of nitrogens with one attached hydrogen (secondary N) is 1. The molecule has 1 heterocycles. The number of alkyl halides is 3. The van der Waals surface area contributed by atoms with Crippen LogP contribution in [0.1, 0.15) is 11.4 Å². The van der Waals surface area contributed by atoms with Gasteiger partial charge >= 0.3 is 6.18 Å². The molecule has 7 heteroatoms. The molecule has 0 spiro atoms. The zero-order valence-electron chi connectivity index (χ0n) is 8.53. The number of nitrogens with zero attached hydrogens (tertiary/aromatic N) is 2. The maximum absolute atomic E-state index is 12.3. The van der Waals surface area contributed by atoms with Gasteiger partial charge in [0.15, 0.2) is 5.82 Å². The second-order valence-electron chi connectivity index (χ2n) is 3.28. The van der Waals surface area contributed by atoms with E-state index < -0.39 is 11.7 Å². The molecule has 2 rings (SSSR count). The fourth-order valence-electron chi connectivity index (χ4n) is 1.23. The molecule has 0 saturated heterocycles. The Morgan fingerprint density at radius 3 is 2.41 bits per heavy atom. The van der Waals surface area contributed by atoms with E-state index in [2.05, 4.69) is 20.0 Å². The smallest absolute Gasteiger partial charge is 0.378 e. The summed E-state index contributed by atoms with van der Waals surface area (Å²) in [6.07, 6.45) is -3.13. The summed E-state index contributed by atoms with van der Waals surface area (Å²) < 4.78 is 41.3. The van der Waals surface area contributed by atoms with E-state index in [1.165, 1.54) is 18.5 Å². The van der Waals surface area contributed by atoms with Crippen molar-refractivity contribution in [3.63, 3.8) is 0 Å². The number of rotatable bonds is 3. The summed E-state index contributed by atoms with van der Waals surface area (Å²) in [4.78, 5) is 3.77. The van der Waals surface area contributed by atoms with Gasteiger partial charge < -0.3 is 9.84 Å². The highest BCUT2D eigenvalue weighted by molar-refractivity contribution is 5.45. The summed E-state index contributed by atoms with van der Waals surface area (Å²) in [6.45, 7) is 0.294. The van der Waals surface area contributed by atoms with Crippen molar-refractivity contribution in [2.75, 3.05) is 5.32 Å². The van der Waals surface area contributed by atoms with Crippen molar-refractivity contribution in [2.24, 2.45) is 0 Å². The maximum atomic E-state index is 12.3. The van der Waals surface area contributed by atoms with Crippen LogP contribution in [0.4, 0.5) is 18.9 Å². The van der Waals surface area contributed by atoms with Crippen LogP contribution in [0.3, 0.4) is 0 Å². The van der Waals surface area contributed by atoms with E-state index in [1.54, 1.807) is 0 Å². The predicted molar refractivity (Wildman–Crippen MR) is 53.1 cm³/mol. The van der Waals surface area contributed by atoms with Crippen LogP contribution in [0.15, 0.2) is 35.2 Å². The Labute approximate surface area is 94.4 Å². The number of benzene rings is 1. The van der Waals surface area contributed by atoms with Gasteiger partial charge in [-0.1, -0.05) is 5.16 Å². The lowest BCUT2D eigenvalue weighted by atomic mass is 10.2. The van der Waals surface area contributed by atoms with Crippen molar-refractivity contribution in [2.45, 2.75) is 12.7 Å². The third-order valence-electron chi connectivity index (χ3n) is 2.07. The van der Waals surface area contributed by atoms with Crippen molar-refractivity contribution in [3.8, 4) is 0 Å². The average Bonchev–Trinajstić information content (AvgIpc) is 2.78. The Bertz CT molecular complexity index is 465. The van der Waals surface area contributed by atoms with E-state index in [0.29, 0.717) is 18.1 Å². The highest BCUT2D eigenvalue weighted by Gasteiger charge is 2.29. The summed E-state index contributed by atoms with van der Waals surface area (Å²) in [7, 11) is 0. The zero-order valence-corrected chi connectivity index (χ0v) is 8.53. The highest BCUT2D eigenvalue weighted by Crippen LogP contribution is 2.29. The fraction of sp³-hybridized carbons (Fsp3) is 0.200. The number of halogens is 3. The minimum Gasteiger partial charge on any atom is -0.378 e. The summed E-state index contributed by atoms with van der Waals surface area (Å²) in [6, 6.07) is 4.73. The van der Waals surface area contributed by atoms with Crippen LogP contribution >= 0.6 is 0 Å². The molecule has 1 N–H and O–H groups in total. The number of aromatic nitrogens is 2. The average molecular weight is 243 g/mol. The molecular formula is C10H8F3N3O. The van der Waals surface area contributed by atoms with Crippen LogP contribution in [0, 0.1) is 0 Å². The van der Waals surface area contributed by atoms with Crippen molar-refractivity contribution >= 4 is 5.69 Å². The second-order valence-corrected chi connectivity index (χ2v) is 3.28. The molecule has 0 bridgehead atoms. The lowest BCUT2D eigenvalue weighted by Crippen LogP contribution is -2.05. The summed E-state index contributed by atoms with van der Waals surface area (Å²) in [5.74, 6) is 0.435. The van der Waals surface area contributed by atoms with Crippen LogP contribution in [0.2, 0.25) is 0 Å². The minimum atomic E-state index is -4.31. The van der Waals surface area contributed by atoms with Gasteiger partial charge in [0.25, 0.3) is 0 Å². The van der Waals surface area contributed by atoms with Crippen LogP contribution in [-0.2, 0) is 12.7 Å². The first kappa shape index (κ1) is 11.4. The molecule has 1 aromatic carbocycles. The molecule has 0 unspecified atom stereocenters. The second kappa shape index (κ2) is 4.44. The normalized spacial score (nSPS) is 11.5. The van der Waals surface area contributed by atoms with Crippen molar-refractivity contribution in [1.29, 1.82) is 0 Å². The molecule has 90 valence electrons. The Balaban J connectivity index is 1.99. The molecule has 0 radical (unpaired) electrons. The van der Waals surface area contributed by atoms with Gasteiger partial charge in [-0.05, 0) is 24.3 Å². The Hall–Kier alpha value is -2.05. The predicted octanol–water partition coefficient (Wildman–Crippen LogP) is 2.70. The Morgan fingerprint density at radius 1 is 1.18 bits per heavy atom. The third kappa shape index (κ3) is 2.96. The van der Waals surface area contributed by atoms with Crippen LogP contribution in [0.5, 0.6) is 0 Å². The highest BCUT2D eigenvalue weighted by atomic mass is 19.4. The van der Waals surface area contributed by atoms with Crippen molar-refractivity contribution in [3.05, 3.63) is 42.0 Å². The largest absolute Gasteiger partial charge is 0.416 e. The van der Waals surface area contributed by atoms with E-state index in [1.807, 2.05) is 0 Å². The first-order valence-electron chi connectivity index (χ1n) is 4.72. The van der Waals surface area contributed by atoms with Gasteiger partial charge in [0.2, 0.25) is 6.39 Å². The Kier molecular flexibility index (Phi) is 2.99. The lowest BCUT2D eigenvalue weighted by molar-refractivity contribution is -0.137. The van der Waals surface area contributed by atoms with Gasteiger partial charge in [-0.15, -0.1) is 0 Å². The molecule has 2 aromatic rings. The summed E-state index contributed by atoms with van der Waals surface area (Å²) in [5, 5.41) is 6.43.